The molecule has 0 spiro atoms. The van der Waals surface area contributed by atoms with E-state index in [0.717, 1.165) is 10.4 Å². The standard InChI is InChI=1S/C16H12ClN3O2S2/c17-10-5-3-9(4-6-10)14(21)19-16-13(15(22)20-18)11(8-24-16)12-2-1-7-23-12/h1-8H,18H2,(H,19,21)(H,20,22). The number of nitrogen functional groups attached to an aromatic ring is 1. The summed E-state index contributed by atoms with van der Waals surface area (Å²) in [5.41, 5.74) is 3.68. The van der Waals surface area contributed by atoms with Crippen molar-refractivity contribution >= 4 is 51.1 Å². The van der Waals surface area contributed by atoms with E-state index in [-0.39, 0.29) is 5.91 Å². The Kier molecular flexibility index (Phi) is 4.96. The number of thiophene rings is 2. The molecule has 3 aromatic rings. The first-order valence-electron chi connectivity index (χ1n) is 6.83. The minimum atomic E-state index is -0.453. The zero-order valence-corrected chi connectivity index (χ0v) is 14.6. The Morgan fingerprint density at radius 3 is 2.42 bits per heavy atom. The number of anilines is 1. The normalized spacial score (nSPS) is 10.4. The Morgan fingerprint density at radius 2 is 1.79 bits per heavy atom. The maximum absolute atomic E-state index is 12.4. The van der Waals surface area contributed by atoms with Gasteiger partial charge in [0.05, 0.1) is 5.56 Å². The third-order valence-corrected chi connectivity index (χ3v) is 5.32. The average Bonchev–Trinajstić information content (AvgIpc) is 3.24. The van der Waals surface area contributed by atoms with E-state index in [0.29, 0.717) is 21.2 Å². The number of nitrogens with one attached hydrogen (secondary N) is 2. The van der Waals surface area contributed by atoms with Gasteiger partial charge in [0.25, 0.3) is 11.8 Å². The van der Waals surface area contributed by atoms with Crippen molar-refractivity contribution in [1.82, 2.24) is 5.43 Å². The van der Waals surface area contributed by atoms with Gasteiger partial charge in [0.2, 0.25) is 0 Å². The molecule has 8 heteroatoms. The van der Waals surface area contributed by atoms with Crippen molar-refractivity contribution in [2.75, 3.05) is 5.32 Å². The molecule has 2 heterocycles. The summed E-state index contributed by atoms with van der Waals surface area (Å²) in [5, 5.41) is 7.51. The molecule has 2 aromatic heterocycles. The van der Waals surface area contributed by atoms with Crippen molar-refractivity contribution in [2.45, 2.75) is 0 Å². The maximum atomic E-state index is 12.4. The van der Waals surface area contributed by atoms with E-state index in [4.69, 9.17) is 17.4 Å². The summed E-state index contributed by atoms with van der Waals surface area (Å²) in [6, 6.07) is 10.3. The summed E-state index contributed by atoms with van der Waals surface area (Å²) in [6.45, 7) is 0. The first kappa shape index (κ1) is 16.7. The molecule has 0 saturated carbocycles. The minimum absolute atomic E-state index is 0.322. The lowest BCUT2D eigenvalue weighted by molar-refractivity contribution is 0.0955. The molecule has 0 bridgehead atoms. The van der Waals surface area contributed by atoms with E-state index in [1.807, 2.05) is 22.9 Å². The molecule has 24 heavy (non-hydrogen) atoms. The minimum Gasteiger partial charge on any atom is -0.313 e. The largest absolute Gasteiger partial charge is 0.313 e. The number of hydrogen-bond donors (Lipinski definition) is 3. The van der Waals surface area contributed by atoms with Gasteiger partial charge in [-0.25, -0.2) is 5.84 Å². The number of rotatable bonds is 4. The van der Waals surface area contributed by atoms with Gasteiger partial charge in [0.1, 0.15) is 5.00 Å². The lowest BCUT2D eigenvalue weighted by atomic mass is 10.1. The van der Waals surface area contributed by atoms with Crippen LogP contribution in [0.15, 0.2) is 47.2 Å². The van der Waals surface area contributed by atoms with E-state index in [9.17, 15) is 9.59 Å². The van der Waals surface area contributed by atoms with Gasteiger partial charge in [-0.15, -0.1) is 22.7 Å². The van der Waals surface area contributed by atoms with E-state index in [1.54, 1.807) is 24.3 Å². The van der Waals surface area contributed by atoms with Crippen molar-refractivity contribution in [3.05, 3.63) is 63.3 Å². The van der Waals surface area contributed by atoms with E-state index in [1.165, 1.54) is 22.7 Å². The second-order valence-electron chi connectivity index (χ2n) is 4.77. The quantitative estimate of drug-likeness (QED) is 0.365. The van der Waals surface area contributed by atoms with Crippen LogP contribution in [0.4, 0.5) is 5.00 Å². The summed E-state index contributed by atoms with van der Waals surface area (Å²) in [4.78, 5) is 25.5. The van der Waals surface area contributed by atoms with Crippen LogP contribution in [0, 0.1) is 0 Å². The molecule has 0 aliphatic heterocycles. The average molecular weight is 378 g/mol. The fourth-order valence-electron chi connectivity index (χ4n) is 2.14. The summed E-state index contributed by atoms with van der Waals surface area (Å²) in [7, 11) is 0. The molecular formula is C16H12ClN3O2S2. The highest BCUT2D eigenvalue weighted by Gasteiger charge is 2.22. The first-order valence-corrected chi connectivity index (χ1v) is 8.97. The smallest absolute Gasteiger partial charge is 0.268 e. The third-order valence-electron chi connectivity index (χ3n) is 3.27. The number of amides is 2. The van der Waals surface area contributed by atoms with Crippen LogP contribution < -0.4 is 16.6 Å². The van der Waals surface area contributed by atoms with Crippen LogP contribution in [0.3, 0.4) is 0 Å². The second kappa shape index (κ2) is 7.14. The number of benzene rings is 1. The predicted octanol–water partition coefficient (Wildman–Crippen LogP) is 3.99. The monoisotopic (exact) mass is 377 g/mol. The first-order chi connectivity index (χ1) is 11.6. The molecular weight excluding hydrogens is 366 g/mol. The highest BCUT2D eigenvalue weighted by molar-refractivity contribution is 7.17. The van der Waals surface area contributed by atoms with Gasteiger partial charge in [-0.1, -0.05) is 17.7 Å². The van der Waals surface area contributed by atoms with Crippen LogP contribution in [-0.2, 0) is 0 Å². The summed E-state index contributed by atoms with van der Waals surface area (Å²) in [6.07, 6.45) is 0. The predicted molar refractivity (Wildman–Crippen MR) is 98.7 cm³/mol. The molecule has 4 N–H and O–H groups in total. The van der Waals surface area contributed by atoms with Gasteiger partial charge in [-0.05, 0) is 35.7 Å². The molecule has 2 amide bonds. The van der Waals surface area contributed by atoms with Crippen molar-refractivity contribution in [2.24, 2.45) is 5.84 Å². The highest BCUT2D eigenvalue weighted by atomic mass is 35.5. The third kappa shape index (κ3) is 3.34. The number of nitrogens with two attached hydrogens (primary N) is 1. The van der Waals surface area contributed by atoms with E-state index in [2.05, 4.69) is 10.7 Å². The Balaban J connectivity index is 1.94. The zero-order valence-electron chi connectivity index (χ0n) is 12.2. The van der Waals surface area contributed by atoms with Crippen molar-refractivity contribution in [3.8, 4) is 10.4 Å². The Bertz CT molecular complexity index is 873. The van der Waals surface area contributed by atoms with Gasteiger partial charge in [0.15, 0.2) is 0 Å². The number of carbonyl (C=O) groups excluding carboxylic acids is 2. The summed E-state index contributed by atoms with van der Waals surface area (Å²) < 4.78 is 0. The van der Waals surface area contributed by atoms with Crippen molar-refractivity contribution < 1.29 is 9.59 Å². The zero-order chi connectivity index (χ0) is 17.1. The van der Waals surface area contributed by atoms with Gasteiger partial charge in [0, 0.05) is 26.4 Å². The molecule has 122 valence electrons. The Labute approximate surface area is 151 Å². The van der Waals surface area contributed by atoms with E-state index < -0.39 is 5.91 Å². The number of hydrazine groups is 1. The van der Waals surface area contributed by atoms with Crippen molar-refractivity contribution in [3.63, 3.8) is 0 Å². The number of carbonyl (C=O) groups is 2. The Hall–Kier alpha value is -2.19. The van der Waals surface area contributed by atoms with Gasteiger partial charge < -0.3 is 5.32 Å². The van der Waals surface area contributed by atoms with Gasteiger partial charge in [-0.3, -0.25) is 15.0 Å². The number of halogens is 1. The van der Waals surface area contributed by atoms with Crippen molar-refractivity contribution in [1.29, 1.82) is 0 Å². The molecule has 0 saturated heterocycles. The summed E-state index contributed by atoms with van der Waals surface area (Å²) >= 11 is 8.61. The maximum Gasteiger partial charge on any atom is 0.268 e. The molecule has 0 fully saturated rings. The molecule has 0 aliphatic rings. The molecule has 1 aromatic carbocycles. The molecule has 3 rings (SSSR count). The molecule has 0 unspecified atom stereocenters. The lowest BCUT2D eigenvalue weighted by Gasteiger charge is -2.07. The fraction of sp³-hybridized carbons (Fsp3) is 0. The SMILES string of the molecule is NNC(=O)c1c(-c2cccs2)csc1NC(=O)c1ccc(Cl)cc1. The van der Waals surface area contributed by atoms with Crippen LogP contribution in [0.25, 0.3) is 10.4 Å². The summed E-state index contributed by atoms with van der Waals surface area (Å²) in [5.74, 6) is 4.52. The van der Waals surface area contributed by atoms with Crippen LogP contribution in [0.2, 0.25) is 5.02 Å². The van der Waals surface area contributed by atoms with E-state index >= 15 is 0 Å². The number of hydrogen-bond acceptors (Lipinski definition) is 5. The second-order valence-corrected chi connectivity index (χ2v) is 7.03. The van der Waals surface area contributed by atoms with Gasteiger partial charge in [-0.2, -0.15) is 0 Å². The Morgan fingerprint density at radius 1 is 1.04 bits per heavy atom. The van der Waals surface area contributed by atoms with Crippen LogP contribution in [0.5, 0.6) is 0 Å². The molecule has 5 nitrogen and oxygen atoms in total. The van der Waals surface area contributed by atoms with Crippen LogP contribution >= 0.6 is 34.3 Å². The van der Waals surface area contributed by atoms with Crippen LogP contribution in [0.1, 0.15) is 20.7 Å². The van der Waals surface area contributed by atoms with Crippen LogP contribution in [-0.4, -0.2) is 11.8 Å². The van der Waals surface area contributed by atoms with Gasteiger partial charge >= 0.3 is 0 Å². The molecule has 0 aliphatic carbocycles. The topological polar surface area (TPSA) is 84.2 Å². The fourth-order valence-corrected chi connectivity index (χ4v) is 4.04. The lowest BCUT2D eigenvalue weighted by Crippen LogP contribution is -2.30. The highest BCUT2D eigenvalue weighted by Crippen LogP contribution is 2.37. The molecule has 0 atom stereocenters. The molecule has 0 radical (unpaired) electrons.